The third-order valence-electron chi connectivity index (χ3n) is 5.93. The van der Waals surface area contributed by atoms with Crippen LogP contribution in [0.25, 0.3) is 0 Å². The quantitative estimate of drug-likeness (QED) is 0.594. The highest BCUT2D eigenvalue weighted by Gasteiger charge is 2.38. The molecule has 2 atom stereocenters. The first kappa shape index (κ1) is 21.5. The molecule has 2 rings (SSSR count). The molecule has 1 saturated heterocycles. The Morgan fingerprint density at radius 1 is 1.23 bits per heavy atom. The maximum absolute atomic E-state index is 12.2. The number of halogens is 2. The van der Waals surface area contributed by atoms with E-state index in [1.165, 1.54) is 0 Å². The zero-order chi connectivity index (χ0) is 19.3. The lowest BCUT2D eigenvalue weighted by Gasteiger charge is -2.48. The van der Waals surface area contributed by atoms with Gasteiger partial charge in [-0.15, -0.1) is 0 Å². The van der Waals surface area contributed by atoms with Crippen molar-refractivity contribution in [3.8, 4) is 0 Å². The number of likely N-dealkylation sites (tertiary alicyclic amines) is 1. The first-order valence-corrected chi connectivity index (χ1v) is 9.67. The molecule has 1 aliphatic heterocycles. The van der Waals surface area contributed by atoms with Gasteiger partial charge < -0.3 is 14.4 Å². The van der Waals surface area contributed by atoms with E-state index >= 15 is 0 Å². The standard InChI is InChI=1S/C19H35F2N3O2/c1-13(2)24(15(4)22-12-25-5)14(3)16-6-8-17(9-7-16)23-10-18(11-23)26-19(20)21/h14-19,22H,1,6-12H2,2-5H3/t14-,15?,16?,17?/m1/s1. The van der Waals surface area contributed by atoms with Gasteiger partial charge in [-0.05, 0) is 52.4 Å². The van der Waals surface area contributed by atoms with Crippen LogP contribution in [0, 0.1) is 5.92 Å². The van der Waals surface area contributed by atoms with Gasteiger partial charge in [0.25, 0.3) is 0 Å². The second-order valence-electron chi connectivity index (χ2n) is 7.74. The minimum atomic E-state index is -2.65. The Kier molecular flexibility index (Phi) is 8.26. The predicted octanol–water partition coefficient (Wildman–Crippen LogP) is 3.23. The zero-order valence-corrected chi connectivity index (χ0v) is 16.6. The molecule has 1 heterocycles. The molecule has 0 spiro atoms. The molecule has 1 saturated carbocycles. The molecule has 0 aromatic rings. The number of allylic oxidation sites excluding steroid dienone is 1. The van der Waals surface area contributed by atoms with Gasteiger partial charge in [-0.3, -0.25) is 10.2 Å². The highest BCUT2D eigenvalue weighted by atomic mass is 19.3. The maximum atomic E-state index is 12.2. The molecule has 1 aliphatic carbocycles. The van der Waals surface area contributed by atoms with Crippen molar-refractivity contribution in [1.29, 1.82) is 0 Å². The van der Waals surface area contributed by atoms with Gasteiger partial charge in [0.05, 0.1) is 19.0 Å². The molecule has 0 bridgehead atoms. The van der Waals surface area contributed by atoms with Crippen molar-refractivity contribution in [2.24, 2.45) is 5.92 Å². The van der Waals surface area contributed by atoms with Crippen LogP contribution in [0.4, 0.5) is 8.78 Å². The van der Waals surface area contributed by atoms with Crippen molar-refractivity contribution in [2.45, 2.75) is 77.4 Å². The molecule has 1 unspecified atom stereocenters. The second kappa shape index (κ2) is 9.97. The highest BCUT2D eigenvalue weighted by Crippen LogP contribution is 2.35. The summed E-state index contributed by atoms with van der Waals surface area (Å²) in [4.78, 5) is 4.65. The van der Waals surface area contributed by atoms with Crippen molar-refractivity contribution < 1.29 is 18.3 Å². The third-order valence-corrected chi connectivity index (χ3v) is 5.93. The van der Waals surface area contributed by atoms with E-state index in [-0.39, 0.29) is 12.3 Å². The molecule has 26 heavy (non-hydrogen) atoms. The van der Waals surface area contributed by atoms with Crippen LogP contribution in [0.15, 0.2) is 12.3 Å². The van der Waals surface area contributed by atoms with Gasteiger partial charge in [-0.25, -0.2) is 0 Å². The Morgan fingerprint density at radius 3 is 2.35 bits per heavy atom. The van der Waals surface area contributed by atoms with E-state index in [4.69, 9.17) is 4.74 Å². The van der Waals surface area contributed by atoms with Crippen LogP contribution in [0.3, 0.4) is 0 Å². The van der Waals surface area contributed by atoms with E-state index in [1.54, 1.807) is 7.11 Å². The van der Waals surface area contributed by atoms with Crippen LogP contribution in [0.1, 0.15) is 46.5 Å². The monoisotopic (exact) mass is 375 g/mol. The van der Waals surface area contributed by atoms with Crippen LogP contribution >= 0.6 is 0 Å². The van der Waals surface area contributed by atoms with Crippen LogP contribution in [-0.2, 0) is 9.47 Å². The molecular weight excluding hydrogens is 340 g/mol. The number of rotatable bonds is 10. The summed E-state index contributed by atoms with van der Waals surface area (Å²) >= 11 is 0. The molecule has 0 aromatic heterocycles. The fraction of sp³-hybridized carbons (Fsp3) is 0.895. The van der Waals surface area contributed by atoms with Gasteiger partial charge in [-0.1, -0.05) is 6.58 Å². The summed E-state index contributed by atoms with van der Waals surface area (Å²) < 4.78 is 34.2. The number of nitrogens with zero attached hydrogens (tertiary/aromatic N) is 2. The SMILES string of the molecule is C=C(C)N(C(C)NCOC)[C@H](C)C1CCC(N2CC(OC(F)F)C2)CC1. The van der Waals surface area contributed by atoms with E-state index in [0.717, 1.165) is 31.4 Å². The Balaban J connectivity index is 1.79. The maximum Gasteiger partial charge on any atom is 0.345 e. The lowest BCUT2D eigenvalue weighted by molar-refractivity contribution is -0.202. The molecule has 0 amide bonds. The van der Waals surface area contributed by atoms with Crippen molar-refractivity contribution in [2.75, 3.05) is 26.9 Å². The minimum Gasteiger partial charge on any atom is -0.369 e. The van der Waals surface area contributed by atoms with E-state index < -0.39 is 6.61 Å². The van der Waals surface area contributed by atoms with E-state index in [1.807, 2.05) is 0 Å². The number of ether oxygens (including phenoxy) is 2. The summed E-state index contributed by atoms with van der Waals surface area (Å²) in [6.07, 6.45) is 4.44. The summed E-state index contributed by atoms with van der Waals surface area (Å²) in [7, 11) is 1.68. The van der Waals surface area contributed by atoms with Crippen LogP contribution in [0.5, 0.6) is 0 Å². The highest BCUT2D eigenvalue weighted by molar-refractivity contribution is 4.98. The second-order valence-corrected chi connectivity index (χ2v) is 7.74. The molecule has 0 aromatic carbocycles. The fourth-order valence-electron chi connectivity index (χ4n) is 4.51. The normalized spacial score (nSPS) is 27.2. The molecule has 0 radical (unpaired) electrons. The molecule has 7 heteroatoms. The van der Waals surface area contributed by atoms with Crippen LogP contribution in [-0.4, -0.2) is 67.7 Å². The Morgan fingerprint density at radius 2 is 1.85 bits per heavy atom. The molecule has 5 nitrogen and oxygen atoms in total. The third kappa shape index (κ3) is 5.62. The van der Waals surface area contributed by atoms with Gasteiger partial charge in [0.1, 0.15) is 0 Å². The van der Waals surface area contributed by atoms with Crippen molar-refractivity contribution in [3.63, 3.8) is 0 Å². The van der Waals surface area contributed by atoms with Gasteiger partial charge in [0, 0.05) is 38.0 Å². The summed E-state index contributed by atoms with van der Waals surface area (Å²) in [5.74, 6) is 0.615. The zero-order valence-electron chi connectivity index (χ0n) is 16.6. The molecule has 152 valence electrons. The predicted molar refractivity (Wildman–Crippen MR) is 98.8 cm³/mol. The van der Waals surface area contributed by atoms with Crippen LogP contribution in [0.2, 0.25) is 0 Å². The Hall–Kier alpha value is -0.760. The fourth-order valence-corrected chi connectivity index (χ4v) is 4.51. The number of nitrogens with one attached hydrogen (secondary N) is 1. The average Bonchev–Trinajstić information content (AvgIpc) is 2.55. The van der Waals surface area contributed by atoms with E-state index in [0.29, 0.717) is 37.8 Å². The first-order valence-electron chi connectivity index (χ1n) is 9.67. The molecule has 2 fully saturated rings. The lowest BCUT2D eigenvalue weighted by atomic mass is 9.80. The summed E-state index contributed by atoms with van der Waals surface area (Å²) in [6, 6.07) is 0.914. The van der Waals surface area contributed by atoms with Gasteiger partial charge >= 0.3 is 6.61 Å². The molecular formula is C19H35F2N3O2. The average molecular weight is 376 g/mol. The summed E-state index contributed by atoms with van der Waals surface area (Å²) in [5, 5.41) is 3.36. The lowest BCUT2D eigenvalue weighted by Crippen LogP contribution is -2.58. The number of hydrogen-bond donors (Lipinski definition) is 1. The largest absolute Gasteiger partial charge is 0.369 e. The Bertz CT molecular complexity index is 439. The molecule has 1 N–H and O–H groups in total. The van der Waals surface area contributed by atoms with Gasteiger partial charge in [0.15, 0.2) is 0 Å². The minimum absolute atomic E-state index is 0.169. The first-order chi connectivity index (χ1) is 12.3. The van der Waals surface area contributed by atoms with E-state index in [2.05, 4.69) is 47.2 Å². The van der Waals surface area contributed by atoms with E-state index in [9.17, 15) is 8.78 Å². The van der Waals surface area contributed by atoms with Crippen molar-refractivity contribution >= 4 is 0 Å². The summed E-state index contributed by atoms with van der Waals surface area (Å²) in [5.41, 5.74) is 1.06. The van der Waals surface area contributed by atoms with Crippen LogP contribution < -0.4 is 5.32 Å². The van der Waals surface area contributed by atoms with Crippen molar-refractivity contribution in [3.05, 3.63) is 12.3 Å². The number of hydrogen-bond acceptors (Lipinski definition) is 5. The topological polar surface area (TPSA) is 37.0 Å². The number of methoxy groups -OCH3 is 1. The summed E-state index contributed by atoms with van der Waals surface area (Å²) in [6.45, 7) is 9.78. The molecule has 2 aliphatic rings. The number of alkyl halides is 2. The van der Waals surface area contributed by atoms with Gasteiger partial charge in [-0.2, -0.15) is 8.78 Å². The smallest absolute Gasteiger partial charge is 0.345 e. The Labute approximate surface area is 156 Å². The van der Waals surface area contributed by atoms with Crippen molar-refractivity contribution in [1.82, 2.24) is 15.1 Å². The van der Waals surface area contributed by atoms with Gasteiger partial charge in [0.2, 0.25) is 0 Å².